The number of halogens is 1. The Bertz CT molecular complexity index is 717. The van der Waals surface area contributed by atoms with Gasteiger partial charge in [0.25, 0.3) is 0 Å². The minimum Gasteiger partial charge on any atom is -0.480 e. The van der Waals surface area contributed by atoms with E-state index in [1.165, 1.54) is 11.8 Å². The van der Waals surface area contributed by atoms with Crippen LogP contribution in [-0.4, -0.2) is 33.7 Å². The monoisotopic (exact) mass is 421 g/mol. The number of rotatable bonds is 10. The van der Waals surface area contributed by atoms with Crippen LogP contribution in [0.4, 0.5) is 0 Å². The van der Waals surface area contributed by atoms with Crippen molar-refractivity contribution in [2.24, 2.45) is 5.92 Å². The first-order valence-corrected chi connectivity index (χ1v) is 11.0. The molecule has 1 aromatic carbocycles. The summed E-state index contributed by atoms with van der Waals surface area (Å²) < 4.78 is 0. The van der Waals surface area contributed by atoms with Crippen LogP contribution in [0.15, 0.2) is 41.9 Å². The molecule has 6 heteroatoms. The number of hydrogen-bond acceptors (Lipinski definition) is 3. The van der Waals surface area contributed by atoms with Crippen molar-refractivity contribution in [3.8, 4) is 0 Å². The van der Waals surface area contributed by atoms with Gasteiger partial charge in [-0.15, -0.1) is 6.58 Å². The molecule has 152 valence electrons. The van der Waals surface area contributed by atoms with Crippen LogP contribution in [0, 0.1) is 5.92 Å². The second kappa shape index (κ2) is 11.3. The number of amides is 1. The van der Waals surface area contributed by atoms with E-state index in [0.29, 0.717) is 22.5 Å². The van der Waals surface area contributed by atoms with Gasteiger partial charge in [0.2, 0.25) is 5.91 Å². The molecule has 1 saturated heterocycles. The summed E-state index contributed by atoms with van der Waals surface area (Å²) in [6.45, 7) is 6.62. The minimum absolute atomic E-state index is 0.0337. The normalized spacial score (nSPS) is 19.6. The summed E-state index contributed by atoms with van der Waals surface area (Å²) in [7, 11) is 0. The lowest BCUT2D eigenvalue weighted by molar-refractivity contribution is -0.140. The Balaban J connectivity index is 2.07. The predicted molar refractivity (Wildman–Crippen MR) is 117 cm³/mol. The summed E-state index contributed by atoms with van der Waals surface area (Å²) in [5.41, 5.74) is 0.896. The fourth-order valence-electron chi connectivity index (χ4n) is 3.26. The molecule has 0 bridgehead atoms. The van der Waals surface area contributed by atoms with E-state index in [0.717, 1.165) is 37.7 Å². The molecule has 0 saturated carbocycles. The van der Waals surface area contributed by atoms with Gasteiger partial charge in [0, 0.05) is 11.6 Å². The zero-order valence-electron chi connectivity index (χ0n) is 16.3. The molecule has 1 aliphatic heterocycles. The number of carboxylic acid groups (broad SMARTS) is 1. The highest BCUT2D eigenvalue weighted by molar-refractivity contribution is 8.04. The Labute approximate surface area is 176 Å². The highest BCUT2D eigenvalue weighted by Crippen LogP contribution is 2.35. The smallest absolute Gasteiger partial charge is 0.317 e. The number of aliphatic carboxylic acids is 1. The molecule has 1 fully saturated rings. The number of nitrogens with zero attached hydrogens (tertiary/aromatic N) is 1. The average Bonchev–Trinajstić information content (AvgIpc) is 2.67. The van der Waals surface area contributed by atoms with E-state index in [1.54, 1.807) is 17.0 Å². The van der Waals surface area contributed by atoms with E-state index in [1.807, 2.05) is 24.3 Å². The van der Waals surface area contributed by atoms with Crippen LogP contribution in [-0.2, 0) is 9.59 Å². The Morgan fingerprint density at radius 1 is 1.39 bits per heavy atom. The Hall–Kier alpha value is -1.72. The number of allylic oxidation sites excluding steroid dienone is 1. The maximum absolute atomic E-state index is 12.6. The third-order valence-corrected chi connectivity index (χ3v) is 6.43. The molecule has 0 radical (unpaired) electrons. The molecule has 2 rings (SSSR count). The van der Waals surface area contributed by atoms with Crippen molar-refractivity contribution in [1.82, 2.24) is 4.90 Å². The van der Waals surface area contributed by atoms with E-state index < -0.39 is 11.2 Å². The number of benzene rings is 1. The molecular weight excluding hydrogens is 394 g/mol. The average molecular weight is 422 g/mol. The molecule has 1 aromatic rings. The Kier molecular flexibility index (Phi) is 9.13. The number of carboxylic acids is 1. The molecule has 28 heavy (non-hydrogen) atoms. The van der Waals surface area contributed by atoms with Crippen molar-refractivity contribution in [3.63, 3.8) is 0 Å². The largest absolute Gasteiger partial charge is 0.480 e. The van der Waals surface area contributed by atoms with Crippen molar-refractivity contribution in [2.75, 3.05) is 6.54 Å². The van der Waals surface area contributed by atoms with Crippen molar-refractivity contribution >= 4 is 41.3 Å². The second-order valence-electron chi connectivity index (χ2n) is 7.02. The summed E-state index contributed by atoms with van der Waals surface area (Å²) >= 11 is 7.19. The fourth-order valence-corrected chi connectivity index (χ4v) is 4.52. The van der Waals surface area contributed by atoms with Gasteiger partial charge in [0.05, 0.1) is 11.4 Å². The molecular formula is C22H28ClNO3S. The molecule has 0 spiro atoms. The van der Waals surface area contributed by atoms with Gasteiger partial charge in [-0.2, -0.15) is 0 Å². The number of thioether (sulfide) groups is 1. The van der Waals surface area contributed by atoms with Gasteiger partial charge in [-0.3, -0.25) is 9.59 Å². The van der Waals surface area contributed by atoms with E-state index in [4.69, 9.17) is 11.6 Å². The second-order valence-corrected chi connectivity index (χ2v) is 8.68. The Morgan fingerprint density at radius 2 is 2.11 bits per heavy atom. The lowest BCUT2D eigenvalue weighted by Crippen LogP contribution is -2.39. The third-order valence-electron chi connectivity index (χ3n) is 4.95. The van der Waals surface area contributed by atoms with Crippen molar-refractivity contribution < 1.29 is 14.7 Å². The first-order valence-electron chi connectivity index (χ1n) is 9.72. The molecule has 1 aliphatic rings. The summed E-state index contributed by atoms with van der Waals surface area (Å²) in [4.78, 5) is 25.8. The van der Waals surface area contributed by atoms with Crippen molar-refractivity contribution in [3.05, 3.63) is 52.5 Å². The first kappa shape index (κ1) is 22.6. The van der Waals surface area contributed by atoms with E-state index >= 15 is 0 Å². The summed E-state index contributed by atoms with van der Waals surface area (Å²) in [6.07, 6.45) is 9.09. The zero-order chi connectivity index (χ0) is 20.5. The molecule has 4 nitrogen and oxygen atoms in total. The highest BCUT2D eigenvalue weighted by Gasteiger charge is 2.34. The van der Waals surface area contributed by atoms with Crippen LogP contribution < -0.4 is 0 Å². The topological polar surface area (TPSA) is 57.6 Å². The van der Waals surface area contributed by atoms with Gasteiger partial charge in [0.1, 0.15) is 5.25 Å². The number of carbonyl (C=O) groups is 2. The van der Waals surface area contributed by atoms with Gasteiger partial charge < -0.3 is 10.0 Å². The number of unbranched alkanes of at least 4 members (excludes halogenated alkanes) is 1. The maximum atomic E-state index is 12.6. The van der Waals surface area contributed by atoms with Crippen LogP contribution in [0.25, 0.3) is 6.08 Å². The number of hydrogen-bond donors (Lipinski definition) is 1. The Morgan fingerprint density at radius 3 is 2.71 bits per heavy atom. The molecule has 1 amide bonds. The van der Waals surface area contributed by atoms with Gasteiger partial charge >= 0.3 is 5.97 Å². The lowest BCUT2D eigenvalue weighted by atomic mass is 9.96. The van der Waals surface area contributed by atoms with Crippen LogP contribution in [0.5, 0.6) is 0 Å². The maximum Gasteiger partial charge on any atom is 0.317 e. The van der Waals surface area contributed by atoms with E-state index in [2.05, 4.69) is 13.5 Å². The highest BCUT2D eigenvalue weighted by atomic mass is 35.5. The van der Waals surface area contributed by atoms with Crippen molar-refractivity contribution in [1.29, 1.82) is 0 Å². The SMILES string of the molecule is C=CCC(CC)CCCCN1C(=O)CC(C(=O)O)S/C1=C\c1ccc(Cl)cc1. The van der Waals surface area contributed by atoms with E-state index in [9.17, 15) is 14.7 Å². The predicted octanol–water partition coefficient (Wildman–Crippen LogP) is 5.83. The van der Waals surface area contributed by atoms with Crippen LogP contribution >= 0.6 is 23.4 Å². The molecule has 0 aromatic heterocycles. The van der Waals surface area contributed by atoms with Crippen LogP contribution in [0.1, 0.15) is 51.0 Å². The number of carbonyl (C=O) groups excluding carboxylic acids is 1. The van der Waals surface area contributed by atoms with Crippen molar-refractivity contribution in [2.45, 2.75) is 50.7 Å². The van der Waals surface area contributed by atoms with Gasteiger partial charge in [-0.05, 0) is 42.5 Å². The summed E-state index contributed by atoms with van der Waals surface area (Å²) in [6, 6.07) is 7.30. The third kappa shape index (κ3) is 6.71. The van der Waals surface area contributed by atoms with Crippen LogP contribution in [0.3, 0.4) is 0 Å². The van der Waals surface area contributed by atoms with Gasteiger partial charge in [0.15, 0.2) is 0 Å². The fraction of sp³-hybridized carbons (Fsp3) is 0.455. The molecule has 1 heterocycles. The van der Waals surface area contributed by atoms with Gasteiger partial charge in [-0.1, -0.05) is 67.8 Å². The minimum atomic E-state index is -0.949. The lowest BCUT2D eigenvalue weighted by Gasteiger charge is -2.32. The molecule has 2 atom stereocenters. The molecule has 2 unspecified atom stereocenters. The zero-order valence-corrected chi connectivity index (χ0v) is 17.8. The standard InChI is InChI=1S/C22H28ClNO3S/c1-3-7-16(4-2)8-5-6-13-24-20(25)15-19(22(26)27)28-21(24)14-17-9-11-18(23)12-10-17/h3,9-12,14,16,19H,1,4-8,13,15H2,2H3,(H,26,27)/b21-14-. The van der Waals surface area contributed by atoms with Gasteiger partial charge in [-0.25, -0.2) is 0 Å². The first-order chi connectivity index (χ1) is 13.4. The summed E-state index contributed by atoms with van der Waals surface area (Å²) in [5, 5.41) is 9.97. The molecule has 1 N–H and O–H groups in total. The molecule has 0 aliphatic carbocycles. The summed E-state index contributed by atoms with van der Waals surface area (Å²) in [5.74, 6) is -0.427. The van der Waals surface area contributed by atoms with E-state index in [-0.39, 0.29) is 12.3 Å². The quantitative estimate of drug-likeness (QED) is 0.381. The van der Waals surface area contributed by atoms with Crippen LogP contribution in [0.2, 0.25) is 5.02 Å².